The summed E-state index contributed by atoms with van der Waals surface area (Å²) in [5, 5.41) is 11.4. The van der Waals surface area contributed by atoms with E-state index in [9.17, 15) is 10.1 Å². The number of nitro groups is 1. The molecule has 2 aromatic carbocycles. The summed E-state index contributed by atoms with van der Waals surface area (Å²) in [4.78, 5) is 10.6. The lowest BCUT2D eigenvalue weighted by atomic mass is 10.1. The second-order valence-corrected chi connectivity index (χ2v) is 4.85. The fourth-order valence-electron chi connectivity index (χ4n) is 2.03. The van der Waals surface area contributed by atoms with Crippen LogP contribution < -0.4 is 10.5 Å². The first kappa shape index (κ1) is 15.3. The molecular weight excluding hydrogens is 292 g/mol. The van der Waals surface area contributed by atoms with E-state index in [0.717, 1.165) is 5.56 Å². The Hall–Kier alpha value is -2.11. The van der Waals surface area contributed by atoms with Crippen LogP contribution in [0.1, 0.15) is 11.1 Å². The lowest BCUT2D eigenvalue weighted by Gasteiger charge is -2.12. The number of benzene rings is 2. The van der Waals surface area contributed by atoms with Crippen molar-refractivity contribution in [3.8, 4) is 5.75 Å². The molecule has 0 bridgehead atoms. The minimum atomic E-state index is -0.425. The summed E-state index contributed by atoms with van der Waals surface area (Å²) in [7, 11) is 0. The van der Waals surface area contributed by atoms with E-state index >= 15 is 0 Å². The van der Waals surface area contributed by atoms with Crippen molar-refractivity contribution in [3.63, 3.8) is 0 Å². The molecule has 0 radical (unpaired) electrons. The Morgan fingerprint density at radius 2 is 1.86 bits per heavy atom. The highest BCUT2D eigenvalue weighted by Gasteiger charge is 2.14. The number of hydrogen-bond acceptors (Lipinski definition) is 4. The average molecular weight is 307 g/mol. The summed E-state index contributed by atoms with van der Waals surface area (Å²) >= 11 is 6.13. The van der Waals surface area contributed by atoms with Crippen molar-refractivity contribution in [1.82, 2.24) is 0 Å². The summed E-state index contributed by atoms with van der Waals surface area (Å²) in [6.07, 6.45) is 0.632. The molecule has 0 atom stereocenters. The van der Waals surface area contributed by atoms with Crippen LogP contribution >= 0.6 is 11.6 Å². The third-order valence-electron chi connectivity index (χ3n) is 3.02. The van der Waals surface area contributed by atoms with Gasteiger partial charge in [0.1, 0.15) is 12.4 Å². The number of para-hydroxylation sites is 2. The van der Waals surface area contributed by atoms with Crippen LogP contribution in [-0.2, 0) is 13.0 Å². The van der Waals surface area contributed by atoms with Crippen LogP contribution in [0.2, 0.25) is 5.02 Å². The van der Waals surface area contributed by atoms with Crippen molar-refractivity contribution in [3.05, 3.63) is 68.7 Å². The lowest BCUT2D eigenvalue weighted by Crippen LogP contribution is -2.06. The number of halogens is 1. The summed E-state index contributed by atoms with van der Waals surface area (Å²) in [5.74, 6) is 0.530. The highest BCUT2D eigenvalue weighted by atomic mass is 35.5. The van der Waals surface area contributed by atoms with E-state index in [1.807, 2.05) is 12.1 Å². The molecular formula is C15H15ClN2O3. The maximum Gasteiger partial charge on any atom is 0.276 e. The van der Waals surface area contributed by atoms with Gasteiger partial charge in [-0.1, -0.05) is 35.9 Å². The van der Waals surface area contributed by atoms with Gasteiger partial charge < -0.3 is 10.5 Å². The largest absolute Gasteiger partial charge is 0.487 e. The minimum absolute atomic E-state index is 0.0323. The van der Waals surface area contributed by atoms with Crippen molar-refractivity contribution < 1.29 is 9.66 Å². The summed E-state index contributed by atoms with van der Waals surface area (Å²) < 4.78 is 5.71. The molecule has 0 aromatic heterocycles. The first-order valence-corrected chi connectivity index (χ1v) is 6.84. The number of hydrogen-bond donors (Lipinski definition) is 1. The van der Waals surface area contributed by atoms with Crippen molar-refractivity contribution in [2.75, 3.05) is 6.54 Å². The Morgan fingerprint density at radius 3 is 2.57 bits per heavy atom. The van der Waals surface area contributed by atoms with Gasteiger partial charge in [0.25, 0.3) is 5.69 Å². The van der Waals surface area contributed by atoms with Gasteiger partial charge in [-0.3, -0.25) is 10.1 Å². The van der Waals surface area contributed by atoms with Crippen LogP contribution in [-0.4, -0.2) is 11.5 Å². The number of nitrogens with two attached hydrogens (primary N) is 1. The Bertz CT molecular complexity index is 647. The van der Waals surface area contributed by atoms with Crippen LogP contribution in [0.4, 0.5) is 5.69 Å². The molecule has 0 aliphatic rings. The van der Waals surface area contributed by atoms with E-state index in [1.54, 1.807) is 24.3 Å². The van der Waals surface area contributed by atoms with Crippen molar-refractivity contribution in [2.45, 2.75) is 13.0 Å². The maximum absolute atomic E-state index is 11.0. The topological polar surface area (TPSA) is 78.4 Å². The Kier molecular flexibility index (Phi) is 5.14. The third kappa shape index (κ3) is 3.71. The van der Waals surface area contributed by atoms with E-state index < -0.39 is 4.92 Å². The van der Waals surface area contributed by atoms with E-state index in [0.29, 0.717) is 29.3 Å². The Morgan fingerprint density at radius 1 is 1.14 bits per heavy atom. The molecule has 0 amide bonds. The quantitative estimate of drug-likeness (QED) is 0.656. The molecule has 2 rings (SSSR count). The summed E-state index contributed by atoms with van der Waals surface area (Å²) in [6.45, 7) is 0.556. The molecule has 6 heteroatoms. The predicted molar refractivity (Wildman–Crippen MR) is 81.6 cm³/mol. The van der Waals surface area contributed by atoms with Crippen LogP contribution in [0.3, 0.4) is 0 Å². The van der Waals surface area contributed by atoms with Gasteiger partial charge in [0, 0.05) is 6.07 Å². The molecule has 0 heterocycles. The Balaban J connectivity index is 2.23. The molecule has 0 saturated heterocycles. The SMILES string of the molecule is NCCc1cccc(Cl)c1OCc1ccccc1[N+](=O)[O-]. The molecule has 110 valence electrons. The first-order chi connectivity index (χ1) is 10.1. The molecule has 0 aliphatic heterocycles. The monoisotopic (exact) mass is 306 g/mol. The average Bonchev–Trinajstić information content (AvgIpc) is 2.47. The lowest BCUT2D eigenvalue weighted by molar-refractivity contribution is -0.385. The van der Waals surface area contributed by atoms with Crippen LogP contribution in [0, 0.1) is 10.1 Å². The van der Waals surface area contributed by atoms with Gasteiger partial charge in [0.2, 0.25) is 0 Å². The summed E-state index contributed by atoms with van der Waals surface area (Å²) in [6, 6.07) is 11.9. The standard InChI is InChI=1S/C15H15ClN2O3/c16-13-6-3-5-11(8-9-17)15(13)21-10-12-4-1-2-7-14(12)18(19)20/h1-7H,8-10,17H2. The van der Waals surface area contributed by atoms with Crippen LogP contribution in [0.5, 0.6) is 5.75 Å². The van der Waals surface area contributed by atoms with Gasteiger partial charge in [-0.25, -0.2) is 0 Å². The fourth-order valence-corrected chi connectivity index (χ4v) is 2.28. The third-order valence-corrected chi connectivity index (χ3v) is 3.32. The zero-order chi connectivity index (χ0) is 15.2. The molecule has 0 spiro atoms. The van der Waals surface area contributed by atoms with Gasteiger partial charge in [0.05, 0.1) is 15.5 Å². The molecule has 0 aliphatic carbocycles. The highest BCUT2D eigenvalue weighted by Crippen LogP contribution is 2.30. The minimum Gasteiger partial charge on any atom is -0.487 e. The van der Waals surface area contributed by atoms with Crippen LogP contribution in [0.25, 0.3) is 0 Å². The number of nitro benzene ring substituents is 1. The molecule has 2 N–H and O–H groups in total. The first-order valence-electron chi connectivity index (χ1n) is 6.46. The van der Waals surface area contributed by atoms with E-state index in [4.69, 9.17) is 22.1 Å². The second kappa shape index (κ2) is 7.06. The molecule has 0 unspecified atom stereocenters. The predicted octanol–water partition coefficient (Wildman–Crippen LogP) is 3.33. The van der Waals surface area contributed by atoms with Crippen molar-refractivity contribution in [2.24, 2.45) is 5.73 Å². The zero-order valence-corrected chi connectivity index (χ0v) is 12.0. The van der Waals surface area contributed by atoms with Crippen molar-refractivity contribution in [1.29, 1.82) is 0 Å². The highest BCUT2D eigenvalue weighted by molar-refractivity contribution is 6.32. The Labute approximate surface area is 127 Å². The molecule has 0 fully saturated rings. The zero-order valence-electron chi connectivity index (χ0n) is 11.3. The molecule has 0 saturated carbocycles. The van der Waals surface area contributed by atoms with E-state index in [1.165, 1.54) is 6.07 Å². The van der Waals surface area contributed by atoms with Gasteiger partial charge in [-0.2, -0.15) is 0 Å². The molecule has 2 aromatic rings. The van der Waals surface area contributed by atoms with Gasteiger partial charge in [-0.05, 0) is 30.7 Å². The smallest absolute Gasteiger partial charge is 0.276 e. The maximum atomic E-state index is 11.0. The molecule has 5 nitrogen and oxygen atoms in total. The molecule has 21 heavy (non-hydrogen) atoms. The van der Waals surface area contributed by atoms with Gasteiger partial charge >= 0.3 is 0 Å². The van der Waals surface area contributed by atoms with E-state index in [-0.39, 0.29) is 12.3 Å². The second-order valence-electron chi connectivity index (χ2n) is 4.44. The van der Waals surface area contributed by atoms with Crippen LogP contribution in [0.15, 0.2) is 42.5 Å². The van der Waals surface area contributed by atoms with Crippen molar-refractivity contribution >= 4 is 17.3 Å². The van der Waals surface area contributed by atoms with Gasteiger partial charge in [0.15, 0.2) is 0 Å². The van der Waals surface area contributed by atoms with E-state index in [2.05, 4.69) is 0 Å². The number of nitrogens with zero attached hydrogens (tertiary/aromatic N) is 1. The summed E-state index contributed by atoms with van der Waals surface area (Å²) in [5.41, 5.74) is 6.99. The fraction of sp³-hybridized carbons (Fsp3) is 0.200. The number of rotatable bonds is 6. The number of ether oxygens (including phenoxy) is 1. The normalized spacial score (nSPS) is 10.4. The van der Waals surface area contributed by atoms with Gasteiger partial charge in [-0.15, -0.1) is 0 Å².